The van der Waals surface area contributed by atoms with E-state index in [0.29, 0.717) is 0 Å². The summed E-state index contributed by atoms with van der Waals surface area (Å²) in [4.78, 5) is 24.7. The van der Waals surface area contributed by atoms with E-state index >= 15 is 0 Å². The summed E-state index contributed by atoms with van der Waals surface area (Å²) in [5, 5.41) is 9.51. The van der Waals surface area contributed by atoms with Crippen LogP contribution in [0.25, 0.3) is 0 Å². The van der Waals surface area contributed by atoms with Gasteiger partial charge in [-0.25, -0.2) is 4.79 Å². The van der Waals surface area contributed by atoms with Crippen LogP contribution in [0.1, 0.15) is 10.4 Å². The maximum Gasteiger partial charge on any atom is 0.328 e. The largest absolute Gasteiger partial charge is 0.480 e. The molecule has 1 amide bonds. The van der Waals surface area contributed by atoms with Gasteiger partial charge in [-0.05, 0) is 12.1 Å². The van der Waals surface area contributed by atoms with Gasteiger partial charge in [0, 0.05) is 6.54 Å². The molecule has 102 valence electrons. The lowest BCUT2D eigenvalue weighted by molar-refractivity contribution is -0.147. The number of hydrogen-bond donors (Lipinski definition) is 1. The minimum atomic E-state index is -1.11. The van der Waals surface area contributed by atoms with E-state index in [1.54, 1.807) is 6.07 Å². The molecule has 19 heavy (non-hydrogen) atoms. The number of hydrogen-bond acceptors (Lipinski definition) is 3. The molecule has 1 unspecified atom stereocenters. The molecule has 1 aromatic carbocycles. The SMILES string of the molecule is O=C(O)C1COCCN1C(=O)c1c(Cl)cccc1Cl. The minimum Gasteiger partial charge on any atom is -0.480 e. The lowest BCUT2D eigenvalue weighted by atomic mass is 10.1. The fourth-order valence-electron chi connectivity index (χ4n) is 1.90. The summed E-state index contributed by atoms with van der Waals surface area (Å²) in [7, 11) is 0. The highest BCUT2D eigenvalue weighted by Crippen LogP contribution is 2.27. The number of benzene rings is 1. The molecule has 1 heterocycles. The van der Waals surface area contributed by atoms with E-state index in [2.05, 4.69) is 0 Å². The molecule has 1 aliphatic rings. The smallest absolute Gasteiger partial charge is 0.328 e. The maximum atomic E-state index is 12.4. The van der Waals surface area contributed by atoms with Crippen LogP contribution in [-0.2, 0) is 9.53 Å². The number of aliphatic carboxylic acids is 1. The molecule has 1 N–H and O–H groups in total. The fourth-order valence-corrected chi connectivity index (χ4v) is 2.46. The van der Waals surface area contributed by atoms with Crippen molar-refractivity contribution in [2.24, 2.45) is 0 Å². The molecule has 1 aliphatic heterocycles. The minimum absolute atomic E-state index is 0.0385. The molecular formula is C12H11Cl2NO4. The summed E-state index contributed by atoms with van der Waals surface area (Å²) >= 11 is 11.9. The van der Waals surface area contributed by atoms with E-state index in [9.17, 15) is 9.59 Å². The summed E-state index contributed by atoms with van der Waals surface area (Å²) in [6.45, 7) is 0.443. The zero-order valence-corrected chi connectivity index (χ0v) is 11.3. The van der Waals surface area contributed by atoms with Crippen molar-refractivity contribution in [3.05, 3.63) is 33.8 Å². The predicted octanol–water partition coefficient (Wildman–Crippen LogP) is 1.92. The third kappa shape index (κ3) is 2.83. The second-order valence-corrected chi connectivity index (χ2v) is 4.84. The summed E-state index contributed by atoms with van der Waals surface area (Å²) < 4.78 is 5.08. The van der Waals surface area contributed by atoms with Gasteiger partial charge in [0.15, 0.2) is 6.04 Å². The van der Waals surface area contributed by atoms with Crippen molar-refractivity contribution >= 4 is 35.1 Å². The molecule has 0 aliphatic carbocycles. The van der Waals surface area contributed by atoms with Gasteiger partial charge in [0.2, 0.25) is 0 Å². The Morgan fingerprint density at radius 2 is 1.95 bits per heavy atom. The Labute approximate surface area is 119 Å². The van der Waals surface area contributed by atoms with Gasteiger partial charge in [-0.1, -0.05) is 29.3 Å². The van der Waals surface area contributed by atoms with Gasteiger partial charge in [-0.3, -0.25) is 4.79 Å². The van der Waals surface area contributed by atoms with Crippen LogP contribution in [0, 0.1) is 0 Å². The Balaban J connectivity index is 2.34. The molecule has 0 saturated carbocycles. The number of rotatable bonds is 2. The molecule has 2 rings (SSSR count). The van der Waals surface area contributed by atoms with Gasteiger partial charge in [-0.2, -0.15) is 0 Å². The average Bonchev–Trinajstić information content (AvgIpc) is 2.38. The average molecular weight is 304 g/mol. The van der Waals surface area contributed by atoms with Crippen LogP contribution in [-0.4, -0.2) is 47.7 Å². The third-order valence-corrected chi connectivity index (χ3v) is 3.48. The number of carboxylic acid groups (broad SMARTS) is 1. The molecule has 5 nitrogen and oxygen atoms in total. The fraction of sp³-hybridized carbons (Fsp3) is 0.333. The lowest BCUT2D eigenvalue weighted by Gasteiger charge is -2.33. The molecule has 7 heteroatoms. The van der Waals surface area contributed by atoms with Crippen molar-refractivity contribution in [3.8, 4) is 0 Å². The van der Waals surface area contributed by atoms with Crippen LogP contribution in [0.5, 0.6) is 0 Å². The number of amides is 1. The molecular weight excluding hydrogens is 293 g/mol. The number of nitrogens with zero attached hydrogens (tertiary/aromatic N) is 1. The Morgan fingerprint density at radius 1 is 1.32 bits per heavy atom. The Bertz CT molecular complexity index is 500. The molecule has 0 radical (unpaired) electrons. The van der Waals surface area contributed by atoms with E-state index < -0.39 is 17.9 Å². The summed E-state index contributed by atoms with van der Waals surface area (Å²) in [6, 6.07) is 3.68. The van der Waals surface area contributed by atoms with Crippen molar-refractivity contribution in [2.75, 3.05) is 19.8 Å². The number of carbonyl (C=O) groups excluding carboxylic acids is 1. The number of halogens is 2. The first-order valence-electron chi connectivity index (χ1n) is 5.58. The molecule has 0 spiro atoms. The first-order chi connectivity index (χ1) is 9.02. The van der Waals surface area contributed by atoms with Gasteiger partial charge >= 0.3 is 5.97 Å². The Hall–Kier alpha value is -1.30. The number of ether oxygens (including phenoxy) is 1. The first kappa shape index (κ1) is 14.1. The monoisotopic (exact) mass is 303 g/mol. The highest BCUT2D eigenvalue weighted by atomic mass is 35.5. The van der Waals surface area contributed by atoms with Crippen LogP contribution in [0.15, 0.2) is 18.2 Å². The Morgan fingerprint density at radius 3 is 2.53 bits per heavy atom. The van der Waals surface area contributed by atoms with Gasteiger partial charge < -0.3 is 14.7 Å². The number of carbonyl (C=O) groups is 2. The topological polar surface area (TPSA) is 66.8 Å². The highest BCUT2D eigenvalue weighted by molar-refractivity contribution is 6.39. The second kappa shape index (κ2) is 5.77. The summed E-state index contributed by atoms with van der Waals surface area (Å²) in [6.07, 6.45) is 0. The summed E-state index contributed by atoms with van der Waals surface area (Å²) in [5.74, 6) is -1.61. The molecule has 0 bridgehead atoms. The normalized spacial score (nSPS) is 19.3. The van der Waals surface area contributed by atoms with Crippen molar-refractivity contribution in [1.82, 2.24) is 4.90 Å². The van der Waals surface area contributed by atoms with E-state index in [1.165, 1.54) is 17.0 Å². The highest BCUT2D eigenvalue weighted by Gasteiger charge is 2.34. The predicted molar refractivity (Wildman–Crippen MR) is 69.7 cm³/mol. The van der Waals surface area contributed by atoms with Gasteiger partial charge in [0.05, 0.1) is 28.8 Å². The zero-order chi connectivity index (χ0) is 14.0. The molecule has 1 fully saturated rings. The van der Waals surface area contributed by atoms with Crippen molar-refractivity contribution in [2.45, 2.75) is 6.04 Å². The van der Waals surface area contributed by atoms with E-state index in [4.69, 9.17) is 33.0 Å². The van der Waals surface area contributed by atoms with E-state index in [-0.39, 0.29) is 35.4 Å². The van der Waals surface area contributed by atoms with Crippen molar-refractivity contribution in [1.29, 1.82) is 0 Å². The van der Waals surface area contributed by atoms with Gasteiger partial charge in [0.25, 0.3) is 5.91 Å². The Kier molecular flexibility index (Phi) is 4.29. The maximum absolute atomic E-state index is 12.4. The zero-order valence-electron chi connectivity index (χ0n) is 9.81. The third-order valence-electron chi connectivity index (χ3n) is 2.85. The molecule has 0 aromatic heterocycles. The summed E-state index contributed by atoms with van der Waals surface area (Å²) in [5.41, 5.74) is 0.124. The van der Waals surface area contributed by atoms with Crippen LogP contribution >= 0.6 is 23.2 Å². The van der Waals surface area contributed by atoms with Crippen molar-refractivity contribution in [3.63, 3.8) is 0 Å². The first-order valence-corrected chi connectivity index (χ1v) is 6.33. The quantitative estimate of drug-likeness (QED) is 0.906. The molecule has 1 atom stereocenters. The molecule has 1 aromatic rings. The van der Waals surface area contributed by atoms with E-state index in [1.807, 2.05) is 0 Å². The molecule has 1 saturated heterocycles. The van der Waals surface area contributed by atoms with Crippen LogP contribution in [0.3, 0.4) is 0 Å². The second-order valence-electron chi connectivity index (χ2n) is 4.02. The van der Waals surface area contributed by atoms with Crippen LogP contribution in [0.4, 0.5) is 0 Å². The number of carboxylic acids is 1. The van der Waals surface area contributed by atoms with Gasteiger partial charge in [0.1, 0.15) is 0 Å². The van der Waals surface area contributed by atoms with Crippen molar-refractivity contribution < 1.29 is 19.4 Å². The number of morpholine rings is 1. The lowest BCUT2D eigenvalue weighted by Crippen LogP contribution is -2.52. The van der Waals surface area contributed by atoms with E-state index in [0.717, 1.165) is 0 Å². The van der Waals surface area contributed by atoms with Crippen LogP contribution in [0.2, 0.25) is 10.0 Å². The van der Waals surface area contributed by atoms with Crippen LogP contribution < -0.4 is 0 Å². The van der Waals surface area contributed by atoms with Gasteiger partial charge in [-0.15, -0.1) is 0 Å². The standard InChI is InChI=1S/C12H11Cl2NO4/c13-7-2-1-3-8(14)10(7)11(16)15-4-5-19-6-9(15)12(17)18/h1-3,9H,4-6H2,(H,17,18).